The third-order valence-corrected chi connectivity index (χ3v) is 3.65. The molecule has 21 heavy (non-hydrogen) atoms. The van der Waals surface area contributed by atoms with Gasteiger partial charge in [-0.15, -0.1) is 0 Å². The van der Waals surface area contributed by atoms with Crippen molar-refractivity contribution in [1.29, 1.82) is 0 Å². The molecule has 0 fully saturated rings. The van der Waals surface area contributed by atoms with Crippen molar-refractivity contribution < 1.29 is 4.74 Å². The Morgan fingerprint density at radius 3 is 2.43 bits per heavy atom. The summed E-state index contributed by atoms with van der Waals surface area (Å²) in [5.41, 5.74) is 2.48. The number of ether oxygens (including phenoxy) is 1. The van der Waals surface area contributed by atoms with Gasteiger partial charge in [-0.3, -0.25) is 0 Å². The smallest absolute Gasteiger partial charge is 0.123 e. The Bertz CT molecular complexity index is 736. The number of para-hydroxylation sites is 1. The van der Waals surface area contributed by atoms with Crippen molar-refractivity contribution in [2.45, 2.75) is 13.1 Å². The fraction of sp³-hybridized carbons (Fsp3) is 0.158. The summed E-state index contributed by atoms with van der Waals surface area (Å²) in [7, 11) is 1.71. The summed E-state index contributed by atoms with van der Waals surface area (Å²) in [5.74, 6) is 0.934. The van der Waals surface area contributed by atoms with Crippen LogP contribution in [0.15, 0.2) is 66.7 Å². The zero-order valence-electron chi connectivity index (χ0n) is 12.2. The first kappa shape index (κ1) is 13.7. The highest BCUT2D eigenvalue weighted by Gasteiger charge is 2.01. The monoisotopic (exact) mass is 277 g/mol. The summed E-state index contributed by atoms with van der Waals surface area (Å²) in [4.78, 5) is 0. The maximum Gasteiger partial charge on any atom is 0.123 e. The number of rotatable bonds is 5. The molecule has 0 aromatic heterocycles. The maximum absolute atomic E-state index is 5.37. The molecular weight excluding hydrogens is 258 g/mol. The van der Waals surface area contributed by atoms with Crippen LogP contribution in [0.1, 0.15) is 11.1 Å². The summed E-state index contributed by atoms with van der Waals surface area (Å²) in [5, 5.41) is 6.05. The van der Waals surface area contributed by atoms with Crippen LogP contribution in [-0.4, -0.2) is 7.11 Å². The number of hydrogen-bond donors (Lipinski definition) is 1. The van der Waals surface area contributed by atoms with E-state index in [9.17, 15) is 0 Å². The summed E-state index contributed by atoms with van der Waals surface area (Å²) in [6.07, 6.45) is 0. The quantitative estimate of drug-likeness (QED) is 0.757. The number of fused-ring (bicyclic) bond motifs is 1. The predicted molar refractivity (Wildman–Crippen MR) is 87.5 cm³/mol. The third-order valence-electron chi connectivity index (χ3n) is 3.65. The maximum atomic E-state index is 5.37. The average molecular weight is 277 g/mol. The molecule has 0 atom stereocenters. The first-order valence-corrected chi connectivity index (χ1v) is 7.17. The van der Waals surface area contributed by atoms with E-state index in [0.29, 0.717) is 0 Å². The molecule has 2 nitrogen and oxygen atoms in total. The highest BCUT2D eigenvalue weighted by atomic mass is 16.5. The van der Waals surface area contributed by atoms with Crippen molar-refractivity contribution in [2.75, 3.05) is 7.11 Å². The minimum Gasteiger partial charge on any atom is -0.496 e. The lowest BCUT2D eigenvalue weighted by Crippen LogP contribution is -2.13. The molecule has 0 saturated heterocycles. The van der Waals surface area contributed by atoms with E-state index in [1.165, 1.54) is 21.9 Å². The molecule has 0 radical (unpaired) electrons. The lowest BCUT2D eigenvalue weighted by atomic mass is 10.1. The van der Waals surface area contributed by atoms with Gasteiger partial charge in [0.15, 0.2) is 0 Å². The van der Waals surface area contributed by atoms with E-state index in [1.54, 1.807) is 7.11 Å². The van der Waals surface area contributed by atoms with Crippen LogP contribution < -0.4 is 10.1 Å². The molecule has 1 N–H and O–H groups in total. The molecule has 0 heterocycles. The minimum absolute atomic E-state index is 0.802. The molecule has 2 heteroatoms. The van der Waals surface area contributed by atoms with Crippen LogP contribution in [0.2, 0.25) is 0 Å². The van der Waals surface area contributed by atoms with Gasteiger partial charge in [-0.2, -0.15) is 0 Å². The van der Waals surface area contributed by atoms with Gasteiger partial charge in [-0.1, -0.05) is 54.6 Å². The topological polar surface area (TPSA) is 21.3 Å². The van der Waals surface area contributed by atoms with E-state index < -0.39 is 0 Å². The second kappa shape index (κ2) is 6.42. The van der Waals surface area contributed by atoms with Crippen LogP contribution in [0.3, 0.4) is 0 Å². The zero-order valence-corrected chi connectivity index (χ0v) is 12.2. The number of nitrogens with one attached hydrogen (secondary N) is 1. The fourth-order valence-electron chi connectivity index (χ4n) is 2.54. The second-order valence-electron chi connectivity index (χ2n) is 5.10. The van der Waals surface area contributed by atoms with Gasteiger partial charge in [0.2, 0.25) is 0 Å². The minimum atomic E-state index is 0.802. The van der Waals surface area contributed by atoms with E-state index >= 15 is 0 Å². The van der Waals surface area contributed by atoms with Crippen molar-refractivity contribution >= 4 is 10.8 Å². The largest absolute Gasteiger partial charge is 0.496 e. The molecular formula is C19H19NO. The van der Waals surface area contributed by atoms with Crippen LogP contribution in [0.4, 0.5) is 0 Å². The SMILES string of the molecule is COc1ccccc1CNCc1ccc2ccccc2c1. The summed E-state index contributed by atoms with van der Waals surface area (Å²) in [6.45, 7) is 1.65. The third kappa shape index (κ3) is 3.23. The van der Waals surface area contributed by atoms with E-state index in [2.05, 4.69) is 53.8 Å². The van der Waals surface area contributed by atoms with Crippen LogP contribution in [-0.2, 0) is 13.1 Å². The van der Waals surface area contributed by atoms with Gasteiger partial charge in [0.1, 0.15) is 5.75 Å². The first-order chi connectivity index (χ1) is 10.4. The van der Waals surface area contributed by atoms with Crippen molar-refractivity contribution in [1.82, 2.24) is 5.32 Å². The summed E-state index contributed by atoms with van der Waals surface area (Å²) < 4.78 is 5.37. The van der Waals surface area contributed by atoms with Gasteiger partial charge < -0.3 is 10.1 Å². The van der Waals surface area contributed by atoms with Gasteiger partial charge >= 0.3 is 0 Å². The molecule has 0 unspecified atom stereocenters. The molecule has 106 valence electrons. The number of methoxy groups -OCH3 is 1. The highest BCUT2D eigenvalue weighted by molar-refractivity contribution is 5.82. The number of hydrogen-bond acceptors (Lipinski definition) is 2. The summed E-state index contributed by atoms with van der Waals surface area (Å²) in [6, 6.07) is 23.1. The van der Waals surface area contributed by atoms with E-state index in [1.807, 2.05) is 18.2 Å². The van der Waals surface area contributed by atoms with Crippen LogP contribution in [0.5, 0.6) is 5.75 Å². The molecule has 0 aliphatic rings. The Morgan fingerprint density at radius 2 is 1.57 bits per heavy atom. The lowest BCUT2D eigenvalue weighted by Gasteiger charge is -2.10. The van der Waals surface area contributed by atoms with Crippen molar-refractivity contribution in [3.63, 3.8) is 0 Å². The van der Waals surface area contributed by atoms with Crippen molar-refractivity contribution in [2.24, 2.45) is 0 Å². The summed E-state index contributed by atoms with van der Waals surface area (Å²) >= 11 is 0. The molecule has 0 bridgehead atoms. The predicted octanol–water partition coefficient (Wildman–Crippen LogP) is 4.14. The Morgan fingerprint density at radius 1 is 0.810 bits per heavy atom. The Balaban J connectivity index is 1.66. The standard InChI is InChI=1S/C19H19NO/c1-21-19-9-5-4-8-18(19)14-20-13-15-10-11-16-6-2-3-7-17(16)12-15/h2-12,20H,13-14H2,1H3. The lowest BCUT2D eigenvalue weighted by molar-refractivity contribution is 0.407. The van der Waals surface area contributed by atoms with E-state index in [4.69, 9.17) is 4.74 Å². The Labute approximate surface area is 125 Å². The van der Waals surface area contributed by atoms with E-state index in [-0.39, 0.29) is 0 Å². The van der Waals surface area contributed by atoms with Gasteiger partial charge in [0, 0.05) is 18.7 Å². The molecule has 3 rings (SSSR count). The number of benzene rings is 3. The molecule has 3 aromatic carbocycles. The van der Waals surface area contributed by atoms with Crippen LogP contribution in [0.25, 0.3) is 10.8 Å². The molecule has 0 aliphatic carbocycles. The zero-order chi connectivity index (χ0) is 14.5. The van der Waals surface area contributed by atoms with Gasteiger partial charge in [-0.05, 0) is 28.5 Å². The Hall–Kier alpha value is -2.32. The second-order valence-corrected chi connectivity index (χ2v) is 5.10. The van der Waals surface area contributed by atoms with Crippen molar-refractivity contribution in [3.05, 3.63) is 77.9 Å². The van der Waals surface area contributed by atoms with Gasteiger partial charge in [0.05, 0.1) is 7.11 Å². The van der Waals surface area contributed by atoms with Crippen LogP contribution >= 0.6 is 0 Å². The normalized spacial score (nSPS) is 10.7. The molecule has 0 saturated carbocycles. The first-order valence-electron chi connectivity index (χ1n) is 7.17. The van der Waals surface area contributed by atoms with E-state index in [0.717, 1.165) is 18.8 Å². The molecule has 0 amide bonds. The Kier molecular flexibility index (Phi) is 4.17. The highest BCUT2D eigenvalue weighted by Crippen LogP contribution is 2.18. The van der Waals surface area contributed by atoms with Gasteiger partial charge in [0.25, 0.3) is 0 Å². The molecule has 0 spiro atoms. The average Bonchev–Trinajstić information content (AvgIpc) is 2.55. The molecule has 0 aliphatic heterocycles. The van der Waals surface area contributed by atoms with Gasteiger partial charge in [-0.25, -0.2) is 0 Å². The van der Waals surface area contributed by atoms with Crippen molar-refractivity contribution in [3.8, 4) is 5.75 Å². The fourth-order valence-corrected chi connectivity index (χ4v) is 2.54. The van der Waals surface area contributed by atoms with Crippen LogP contribution in [0, 0.1) is 0 Å². The molecule has 3 aromatic rings.